The molecule has 0 bridgehead atoms. The Morgan fingerprint density at radius 1 is 1.35 bits per heavy atom. The van der Waals surface area contributed by atoms with Crippen LogP contribution in [0.4, 0.5) is 5.69 Å². The first-order valence-electron chi connectivity index (χ1n) is 7.15. The van der Waals surface area contributed by atoms with Crippen molar-refractivity contribution in [1.29, 1.82) is 0 Å². The number of hydrogen-bond donors (Lipinski definition) is 1. The van der Waals surface area contributed by atoms with Gasteiger partial charge in [-0.05, 0) is 18.6 Å². The molecule has 0 atom stereocenters. The number of carbonyl (C=O) groups is 2. The topological polar surface area (TPSA) is 106 Å². The SMILES string of the molecule is CCCN(CC(=O)O)C(=O)Cn1ccc2cc([N+](=O)[O-])ccc21. The van der Waals surface area contributed by atoms with E-state index in [-0.39, 0.29) is 24.7 Å². The second-order valence-electron chi connectivity index (χ2n) is 5.15. The first kappa shape index (κ1) is 16.5. The van der Waals surface area contributed by atoms with Crippen LogP contribution in [0.3, 0.4) is 0 Å². The molecule has 1 aromatic heterocycles. The minimum absolute atomic E-state index is 0.00537. The summed E-state index contributed by atoms with van der Waals surface area (Å²) in [5.41, 5.74) is 0.677. The van der Waals surface area contributed by atoms with Crippen molar-refractivity contribution in [3.8, 4) is 0 Å². The van der Waals surface area contributed by atoms with E-state index in [0.717, 1.165) is 0 Å². The summed E-state index contributed by atoms with van der Waals surface area (Å²) < 4.78 is 1.66. The van der Waals surface area contributed by atoms with Crippen LogP contribution >= 0.6 is 0 Å². The minimum atomic E-state index is -1.06. The van der Waals surface area contributed by atoms with Crippen molar-refractivity contribution in [2.45, 2.75) is 19.9 Å². The molecule has 1 N–H and O–H groups in total. The average molecular weight is 319 g/mol. The molecule has 1 heterocycles. The van der Waals surface area contributed by atoms with Crippen LogP contribution in [-0.2, 0) is 16.1 Å². The van der Waals surface area contributed by atoms with Crippen LogP contribution in [0.25, 0.3) is 10.9 Å². The first-order valence-corrected chi connectivity index (χ1v) is 7.15. The van der Waals surface area contributed by atoms with Gasteiger partial charge in [-0.3, -0.25) is 19.7 Å². The zero-order valence-electron chi connectivity index (χ0n) is 12.6. The summed E-state index contributed by atoms with van der Waals surface area (Å²) in [4.78, 5) is 34.7. The normalized spacial score (nSPS) is 10.7. The van der Waals surface area contributed by atoms with Gasteiger partial charge in [0, 0.05) is 35.8 Å². The highest BCUT2D eigenvalue weighted by Gasteiger charge is 2.17. The van der Waals surface area contributed by atoms with E-state index in [4.69, 9.17) is 5.11 Å². The van der Waals surface area contributed by atoms with Crippen LogP contribution in [-0.4, -0.2) is 44.5 Å². The van der Waals surface area contributed by atoms with Crippen LogP contribution in [0.1, 0.15) is 13.3 Å². The fraction of sp³-hybridized carbons (Fsp3) is 0.333. The number of nitro benzene ring substituents is 1. The number of aliphatic carboxylic acids is 1. The van der Waals surface area contributed by atoms with Crippen molar-refractivity contribution in [2.24, 2.45) is 0 Å². The van der Waals surface area contributed by atoms with E-state index in [1.54, 1.807) is 22.9 Å². The van der Waals surface area contributed by atoms with Gasteiger partial charge in [0.2, 0.25) is 5.91 Å². The second kappa shape index (κ2) is 6.91. The zero-order chi connectivity index (χ0) is 17.0. The molecule has 0 aliphatic heterocycles. The molecular weight excluding hydrogens is 302 g/mol. The molecule has 0 spiro atoms. The largest absolute Gasteiger partial charge is 0.480 e. The van der Waals surface area contributed by atoms with Crippen LogP contribution in [0.15, 0.2) is 30.5 Å². The fourth-order valence-corrected chi connectivity index (χ4v) is 2.41. The van der Waals surface area contributed by atoms with Gasteiger partial charge in [-0.2, -0.15) is 0 Å². The third kappa shape index (κ3) is 3.85. The highest BCUT2D eigenvalue weighted by atomic mass is 16.6. The summed E-state index contributed by atoms with van der Waals surface area (Å²) in [6.07, 6.45) is 2.33. The van der Waals surface area contributed by atoms with E-state index in [9.17, 15) is 19.7 Å². The summed E-state index contributed by atoms with van der Waals surface area (Å²) in [6, 6.07) is 6.10. The highest BCUT2D eigenvalue weighted by Crippen LogP contribution is 2.22. The Kier molecular flexibility index (Phi) is 4.95. The van der Waals surface area contributed by atoms with E-state index in [0.29, 0.717) is 23.9 Å². The number of benzene rings is 1. The summed E-state index contributed by atoms with van der Waals surface area (Å²) >= 11 is 0. The van der Waals surface area contributed by atoms with E-state index in [1.165, 1.54) is 17.0 Å². The van der Waals surface area contributed by atoms with Gasteiger partial charge < -0.3 is 14.6 Å². The van der Waals surface area contributed by atoms with Gasteiger partial charge >= 0.3 is 5.97 Å². The van der Waals surface area contributed by atoms with Gasteiger partial charge in [0.05, 0.1) is 4.92 Å². The lowest BCUT2D eigenvalue weighted by Crippen LogP contribution is -2.38. The summed E-state index contributed by atoms with van der Waals surface area (Å²) in [5, 5.41) is 20.3. The quantitative estimate of drug-likeness (QED) is 0.619. The Morgan fingerprint density at radius 2 is 2.09 bits per heavy atom. The Labute approximate surface area is 132 Å². The van der Waals surface area contributed by atoms with Crippen LogP contribution in [0, 0.1) is 10.1 Å². The van der Waals surface area contributed by atoms with Gasteiger partial charge in [0.1, 0.15) is 13.1 Å². The maximum absolute atomic E-state index is 12.3. The molecule has 1 aromatic carbocycles. The monoisotopic (exact) mass is 319 g/mol. The Hall–Kier alpha value is -2.90. The Morgan fingerprint density at radius 3 is 2.70 bits per heavy atom. The fourth-order valence-electron chi connectivity index (χ4n) is 2.41. The number of aromatic nitrogens is 1. The molecule has 0 unspecified atom stereocenters. The van der Waals surface area contributed by atoms with Crippen molar-refractivity contribution in [1.82, 2.24) is 9.47 Å². The lowest BCUT2D eigenvalue weighted by atomic mass is 10.2. The molecule has 0 aliphatic carbocycles. The highest BCUT2D eigenvalue weighted by molar-refractivity contribution is 5.86. The molecule has 8 heteroatoms. The summed E-state index contributed by atoms with van der Waals surface area (Å²) in [6.45, 7) is 1.90. The molecule has 122 valence electrons. The van der Waals surface area contributed by atoms with Crippen molar-refractivity contribution in [3.05, 3.63) is 40.6 Å². The summed E-state index contributed by atoms with van der Waals surface area (Å²) in [7, 11) is 0. The molecule has 0 saturated heterocycles. The molecule has 0 fully saturated rings. The minimum Gasteiger partial charge on any atom is -0.480 e. The molecule has 2 rings (SSSR count). The number of hydrogen-bond acceptors (Lipinski definition) is 4. The number of nitrogens with zero attached hydrogens (tertiary/aromatic N) is 3. The molecule has 2 aromatic rings. The lowest BCUT2D eigenvalue weighted by molar-refractivity contribution is -0.384. The van der Waals surface area contributed by atoms with Gasteiger partial charge in [-0.15, -0.1) is 0 Å². The maximum Gasteiger partial charge on any atom is 0.323 e. The van der Waals surface area contributed by atoms with E-state index in [2.05, 4.69) is 0 Å². The van der Waals surface area contributed by atoms with Crippen molar-refractivity contribution < 1.29 is 19.6 Å². The van der Waals surface area contributed by atoms with Crippen LogP contribution < -0.4 is 0 Å². The number of carboxylic acids is 1. The number of fused-ring (bicyclic) bond motifs is 1. The Balaban J connectivity index is 2.21. The molecule has 23 heavy (non-hydrogen) atoms. The van der Waals surface area contributed by atoms with E-state index >= 15 is 0 Å². The molecule has 0 saturated carbocycles. The number of nitro groups is 1. The molecular formula is C15H17N3O5. The van der Waals surface area contributed by atoms with Crippen molar-refractivity contribution in [2.75, 3.05) is 13.1 Å². The first-order chi connectivity index (χ1) is 10.9. The number of carbonyl (C=O) groups excluding carboxylic acids is 1. The zero-order valence-corrected chi connectivity index (χ0v) is 12.6. The van der Waals surface area contributed by atoms with Gasteiger partial charge in [-0.1, -0.05) is 6.92 Å². The second-order valence-corrected chi connectivity index (χ2v) is 5.15. The average Bonchev–Trinajstić information content (AvgIpc) is 2.88. The standard InChI is InChI=1S/C15H17N3O5/c1-2-6-17(10-15(20)21)14(19)9-16-7-5-11-8-12(18(22)23)3-4-13(11)16/h3-5,7-8H,2,6,9-10H2,1H3,(H,20,21). The summed E-state index contributed by atoms with van der Waals surface area (Å²) in [5.74, 6) is -1.36. The van der Waals surface area contributed by atoms with Crippen LogP contribution in [0.2, 0.25) is 0 Å². The van der Waals surface area contributed by atoms with Gasteiger partial charge in [0.25, 0.3) is 5.69 Å². The number of rotatable bonds is 7. The number of non-ortho nitro benzene ring substituents is 1. The van der Waals surface area contributed by atoms with Crippen molar-refractivity contribution >= 4 is 28.5 Å². The third-order valence-electron chi connectivity index (χ3n) is 3.44. The molecule has 1 amide bonds. The van der Waals surface area contributed by atoms with Gasteiger partial charge in [0.15, 0.2) is 0 Å². The lowest BCUT2D eigenvalue weighted by Gasteiger charge is -2.20. The van der Waals surface area contributed by atoms with Crippen molar-refractivity contribution in [3.63, 3.8) is 0 Å². The number of amides is 1. The molecule has 0 radical (unpaired) electrons. The maximum atomic E-state index is 12.3. The predicted molar refractivity (Wildman–Crippen MR) is 83.1 cm³/mol. The number of carboxylic acid groups (broad SMARTS) is 1. The van der Waals surface area contributed by atoms with E-state index < -0.39 is 10.9 Å². The Bertz CT molecular complexity index is 753. The smallest absolute Gasteiger partial charge is 0.323 e. The predicted octanol–water partition coefficient (Wildman–Crippen LogP) is 1.87. The molecule has 8 nitrogen and oxygen atoms in total. The van der Waals surface area contributed by atoms with Gasteiger partial charge in [-0.25, -0.2) is 0 Å². The molecule has 0 aliphatic rings. The van der Waals surface area contributed by atoms with Crippen LogP contribution in [0.5, 0.6) is 0 Å². The third-order valence-corrected chi connectivity index (χ3v) is 3.44. The van der Waals surface area contributed by atoms with E-state index in [1.807, 2.05) is 6.92 Å².